The lowest BCUT2D eigenvalue weighted by atomic mass is 10.2. The summed E-state index contributed by atoms with van der Waals surface area (Å²) in [6, 6.07) is 0.549. The van der Waals surface area contributed by atoms with Crippen LogP contribution < -0.4 is 4.90 Å². The van der Waals surface area contributed by atoms with Gasteiger partial charge in [0, 0.05) is 6.20 Å². The van der Waals surface area contributed by atoms with Gasteiger partial charge in [-0.3, -0.25) is 4.90 Å². The van der Waals surface area contributed by atoms with E-state index in [0.29, 0.717) is 29.6 Å². The predicted octanol–water partition coefficient (Wildman–Crippen LogP) is 3.37. The number of rotatable bonds is 1. The first-order chi connectivity index (χ1) is 10.00. The van der Waals surface area contributed by atoms with Crippen molar-refractivity contribution in [3.8, 4) is 0 Å². The number of hydrogen-bond donors (Lipinski definition) is 1. The van der Waals surface area contributed by atoms with Gasteiger partial charge in [-0.2, -0.15) is 26.3 Å². The largest absolute Gasteiger partial charge is 0.433 e. The molecular formula is C11H6ClF6N3O. The van der Waals surface area contributed by atoms with Crippen LogP contribution in [0.25, 0.3) is 0 Å². The number of aromatic nitrogens is 1. The van der Waals surface area contributed by atoms with Crippen LogP contribution in [0.5, 0.6) is 0 Å². The topological polar surface area (TPSA) is 48.7 Å². The summed E-state index contributed by atoms with van der Waals surface area (Å²) in [4.78, 5) is 7.20. The zero-order valence-electron chi connectivity index (χ0n) is 10.3. The van der Waals surface area contributed by atoms with E-state index < -0.39 is 34.9 Å². The van der Waals surface area contributed by atoms with Gasteiger partial charge in [-0.1, -0.05) is 11.6 Å². The maximum atomic E-state index is 12.5. The number of aliphatic hydroxyl groups is 1. The zero-order chi connectivity index (χ0) is 16.7. The van der Waals surface area contributed by atoms with Crippen LogP contribution in [-0.4, -0.2) is 28.8 Å². The van der Waals surface area contributed by atoms with Crippen molar-refractivity contribution < 1.29 is 31.4 Å². The Morgan fingerprint density at radius 3 is 2.23 bits per heavy atom. The molecule has 0 saturated heterocycles. The number of allylic oxidation sites excluding steroid dienone is 1. The number of aliphatic imine (C=N–C) groups is 1. The Hall–Kier alpha value is -1.81. The average Bonchev–Trinajstić information content (AvgIpc) is 2.37. The van der Waals surface area contributed by atoms with E-state index in [1.165, 1.54) is 0 Å². The minimum atomic E-state index is -4.76. The van der Waals surface area contributed by atoms with Crippen molar-refractivity contribution >= 4 is 23.8 Å². The summed E-state index contributed by atoms with van der Waals surface area (Å²) in [5.74, 6) is -0.358. The van der Waals surface area contributed by atoms with Gasteiger partial charge in [0.25, 0.3) is 0 Å². The molecule has 0 aliphatic carbocycles. The van der Waals surface area contributed by atoms with Crippen LogP contribution in [0.15, 0.2) is 29.0 Å². The first-order valence-electron chi connectivity index (χ1n) is 5.52. The molecule has 1 aromatic rings. The summed E-state index contributed by atoms with van der Waals surface area (Å²) in [5, 5.41) is 9.15. The Labute approximate surface area is 124 Å². The normalized spacial score (nSPS) is 19.4. The standard InChI is InChI=1S/C11H6ClF6N3O/c12-6-1-5(10(13,14)15)3-19-9(6)21-4-20-7(2-8(21)22)11(16,17)18/h1-4,8,22H. The van der Waals surface area contributed by atoms with Crippen molar-refractivity contribution in [1.29, 1.82) is 0 Å². The van der Waals surface area contributed by atoms with Gasteiger partial charge in [-0.25, -0.2) is 9.98 Å². The first-order valence-corrected chi connectivity index (χ1v) is 5.90. The molecule has 2 heterocycles. The van der Waals surface area contributed by atoms with Gasteiger partial charge in [0.1, 0.15) is 5.70 Å². The van der Waals surface area contributed by atoms with Crippen LogP contribution in [0.3, 0.4) is 0 Å². The summed E-state index contributed by atoms with van der Waals surface area (Å²) < 4.78 is 74.7. The number of anilines is 1. The highest BCUT2D eigenvalue weighted by Crippen LogP contribution is 2.35. The number of aliphatic hydroxyl groups excluding tert-OH is 1. The number of pyridine rings is 1. The fraction of sp³-hybridized carbons (Fsp3) is 0.273. The summed E-state index contributed by atoms with van der Waals surface area (Å²) in [7, 11) is 0. The van der Waals surface area contributed by atoms with Crippen LogP contribution in [0, 0.1) is 0 Å². The Kier molecular flexibility index (Phi) is 4.09. The minimum absolute atomic E-state index is 0.358. The predicted molar refractivity (Wildman–Crippen MR) is 65.4 cm³/mol. The second kappa shape index (κ2) is 5.43. The number of nitrogens with zero attached hydrogens (tertiary/aromatic N) is 3. The van der Waals surface area contributed by atoms with E-state index in [2.05, 4.69) is 9.98 Å². The molecule has 1 aliphatic heterocycles. The molecule has 4 nitrogen and oxygen atoms in total. The average molecular weight is 346 g/mol. The molecule has 1 aliphatic rings. The second-order valence-electron chi connectivity index (χ2n) is 4.14. The Bertz CT molecular complexity index is 640. The molecule has 1 N–H and O–H groups in total. The highest BCUT2D eigenvalue weighted by atomic mass is 35.5. The van der Waals surface area contributed by atoms with Gasteiger partial charge in [0.05, 0.1) is 16.9 Å². The van der Waals surface area contributed by atoms with E-state index in [0.717, 1.165) is 0 Å². The van der Waals surface area contributed by atoms with Gasteiger partial charge < -0.3 is 5.11 Å². The molecule has 0 saturated carbocycles. The monoisotopic (exact) mass is 345 g/mol. The summed E-state index contributed by atoms with van der Waals surface area (Å²) in [5.41, 5.74) is -2.46. The molecule has 22 heavy (non-hydrogen) atoms. The molecule has 0 bridgehead atoms. The highest BCUT2D eigenvalue weighted by Gasteiger charge is 2.37. The van der Waals surface area contributed by atoms with E-state index in [9.17, 15) is 31.4 Å². The van der Waals surface area contributed by atoms with E-state index in [1.807, 2.05) is 0 Å². The van der Waals surface area contributed by atoms with E-state index >= 15 is 0 Å². The van der Waals surface area contributed by atoms with Gasteiger partial charge >= 0.3 is 12.4 Å². The Morgan fingerprint density at radius 1 is 1.14 bits per heavy atom. The summed E-state index contributed by atoms with van der Waals surface area (Å²) in [6.07, 6.45) is -9.83. The van der Waals surface area contributed by atoms with E-state index in [1.54, 1.807) is 0 Å². The fourth-order valence-electron chi connectivity index (χ4n) is 1.58. The van der Waals surface area contributed by atoms with Crippen LogP contribution in [0.2, 0.25) is 5.02 Å². The second-order valence-corrected chi connectivity index (χ2v) is 4.55. The molecule has 1 unspecified atom stereocenters. The molecule has 1 aromatic heterocycles. The molecule has 0 radical (unpaired) electrons. The molecular weight excluding hydrogens is 340 g/mol. The third-order valence-electron chi connectivity index (χ3n) is 2.60. The van der Waals surface area contributed by atoms with Crippen LogP contribution in [0.4, 0.5) is 32.2 Å². The molecule has 0 aromatic carbocycles. The summed E-state index contributed by atoms with van der Waals surface area (Å²) in [6.45, 7) is 0. The van der Waals surface area contributed by atoms with Crippen molar-refractivity contribution in [3.63, 3.8) is 0 Å². The van der Waals surface area contributed by atoms with E-state index in [-0.39, 0.29) is 5.82 Å². The van der Waals surface area contributed by atoms with Crippen molar-refractivity contribution in [2.24, 2.45) is 4.99 Å². The molecule has 11 heteroatoms. The molecule has 1 atom stereocenters. The van der Waals surface area contributed by atoms with Gasteiger partial charge in [0.2, 0.25) is 0 Å². The Balaban J connectivity index is 2.32. The third-order valence-corrected chi connectivity index (χ3v) is 2.88. The maximum absolute atomic E-state index is 12.5. The van der Waals surface area contributed by atoms with Crippen molar-refractivity contribution in [1.82, 2.24) is 4.98 Å². The van der Waals surface area contributed by atoms with E-state index in [4.69, 9.17) is 11.6 Å². The number of alkyl halides is 6. The van der Waals surface area contributed by atoms with Crippen molar-refractivity contribution in [2.75, 3.05) is 4.90 Å². The fourth-order valence-corrected chi connectivity index (χ4v) is 1.84. The number of halogens is 7. The molecule has 0 spiro atoms. The zero-order valence-corrected chi connectivity index (χ0v) is 11.1. The van der Waals surface area contributed by atoms with Gasteiger partial charge in [0.15, 0.2) is 12.0 Å². The number of hydrogen-bond acceptors (Lipinski definition) is 4. The SMILES string of the molecule is OC1C=C(C(F)(F)F)N=CN1c1ncc(C(F)(F)F)cc1Cl. The van der Waals surface area contributed by atoms with Gasteiger partial charge in [-0.05, 0) is 12.1 Å². The van der Waals surface area contributed by atoms with Crippen LogP contribution in [0.1, 0.15) is 5.56 Å². The lowest BCUT2D eigenvalue weighted by molar-refractivity contribution is -0.137. The van der Waals surface area contributed by atoms with Crippen molar-refractivity contribution in [3.05, 3.63) is 34.6 Å². The lowest BCUT2D eigenvalue weighted by Crippen LogP contribution is -2.37. The van der Waals surface area contributed by atoms with Gasteiger partial charge in [-0.15, -0.1) is 0 Å². The Morgan fingerprint density at radius 2 is 1.77 bits per heavy atom. The molecule has 2 rings (SSSR count). The minimum Gasteiger partial charge on any atom is -0.369 e. The third kappa shape index (κ3) is 3.33. The molecule has 0 fully saturated rings. The maximum Gasteiger partial charge on any atom is 0.433 e. The summed E-state index contributed by atoms with van der Waals surface area (Å²) >= 11 is 5.64. The van der Waals surface area contributed by atoms with Crippen LogP contribution >= 0.6 is 11.6 Å². The molecule has 0 amide bonds. The van der Waals surface area contributed by atoms with Crippen LogP contribution in [-0.2, 0) is 6.18 Å². The lowest BCUT2D eigenvalue weighted by Gasteiger charge is -2.27. The molecule has 120 valence electrons. The first kappa shape index (κ1) is 16.6. The highest BCUT2D eigenvalue weighted by molar-refractivity contribution is 6.33. The smallest absolute Gasteiger partial charge is 0.369 e. The van der Waals surface area contributed by atoms with Crippen molar-refractivity contribution in [2.45, 2.75) is 18.6 Å². The quantitative estimate of drug-likeness (QED) is 0.794.